The summed E-state index contributed by atoms with van der Waals surface area (Å²) in [5.74, 6) is 1.38. The number of hydrogen-bond donors (Lipinski definition) is 2. The van der Waals surface area contributed by atoms with Crippen molar-refractivity contribution in [1.29, 1.82) is 0 Å². The Hall–Kier alpha value is -1.26. The minimum Gasteiger partial charge on any atom is -0.444 e. The molecule has 0 saturated carbocycles. The van der Waals surface area contributed by atoms with E-state index in [0.717, 1.165) is 31.9 Å². The van der Waals surface area contributed by atoms with Crippen LogP contribution in [0.25, 0.3) is 0 Å². The van der Waals surface area contributed by atoms with Gasteiger partial charge in [-0.25, -0.2) is 4.79 Å². The normalized spacial score (nSPS) is 15.5. The summed E-state index contributed by atoms with van der Waals surface area (Å²) >= 11 is 0. The molecule has 8 nitrogen and oxygen atoms in total. The fourth-order valence-electron chi connectivity index (χ4n) is 3.05. The maximum atomic E-state index is 12.2. The molecule has 0 atom stereocenters. The Morgan fingerprint density at radius 1 is 1.25 bits per heavy atom. The van der Waals surface area contributed by atoms with Crippen molar-refractivity contribution in [2.75, 3.05) is 46.8 Å². The first-order valence-corrected chi connectivity index (χ1v) is 9.84. The zero-order chi connectivity index (χ0) is 20.4. The van der Waals surface area contributed by atoms with Crippen molar-refractivity contribution in [3.8, 4) is 0 Å². The number of hydrogen-bond acceptors (Lipinski definition) is 4. The second-order valence-corrected chi connectivity index (χ2v) is 7.84. The largest absolute Gasteiger partial charge is 0.444 e. The van der Waals surface area contributed by atoms with Crippen LogP contribution in [0.15, 0.2) is 4.99 Å². The van der Waals surface area contributed by atoms with Crippen LogP contribution in [0.2, 0.25) is 0 Å². The molecule has 0 aromatic heterocycles. The van der Waals surface area contributed by atoms with E-state index in [1.165, 1.54) is 0 Å². The lowest BCUT2D eigenvalue weighted by atomic mass is 9.93. The summed E-state index contributed by atoms with van der Waals surface area (Å²) in [6, 6.07) is 0. The third-order valence-corrected chi connectivity index (χ3v) is 4.58. The molecular formula is C19H38IN5O3. The maximum Gasteiger partial charge on any atom is 0.410 e. The molecule has 1 rings (SSSR count). The second-order valence-electron chi connectivity index (χ2n) is 7.84. The Morgan fingerprint density at radius 2 is 1.86 bits per heavy atom. The number of likely N-dealkylation sites (tertiary alicyclic amines) is 1. The molecule has 1 fully saturated rings. The quantitative estimate of drug-likeness (QED) is 0.325. The Morgan fingerprint density at radius 3 is 2.32 bits per heavy atom. The van der Waals surface area contributed by atoms with Gasteiger partial charge in [0.05, 0.1) is 0 Å². The summed E-state index contributed by atoms with van der Waals surface area (Å²) < 4.78 is 5.43. The zero-order valence-corrected chi connectivity index (χ0v) is 20.5. The first kappa shape index (κ1) is 26.7. The molecule has 0 bridgehead atoms. The van der Waals surface area contributed by atoms with Gasteiger partial charge in [-0.05, 0) is 46.5 Å². The molecule has 1 aliphatic rings. The summed E-state index contributed by atoms with van der Waals surface area (Å²) in [6.07, 6.45) is 2.26. The van der Waals surface area contributed by atoms with Gasteiger partial charge in [0.15, 0.2) is 5.96 Å². The van der Waals surface area contributed by atoms with E-state index in [2.05, 4.69) is 20.5 Å². The molecule has 0 spiro atoms. The van der Waals surface area contributed by atoms with E-state index in [9.17, 15) is 9.59 Å². The number of likely N-dealkylation sites (N-methyl/N-ethyl adjacent to an activating group) is 1. The Bertz CT molecular complexity index is 514. The van der Waals surface area contributed by atoms with Crippen LogP contribution in [0, 0.1) is 5.92 Å². The highest BCUT2D eigenvalue weighted by Gasteiger charge is 2.24. The van der Waals surface area contributed by atoms with E-state index >= 15 is 0 Å². The van der Waals surface area contributed by atoms with Gasteiger partial charge in [-0.3, -0.25) is 9.79 Å². The van der Waals surface area contributed by atoms with Gasteiger partial charge in [0.25, 0.3) is 0 Å². The van der Waals surface area contributed by atoms with E-state index < -0.39 is 5.60 Å². The molecule has 9 heteroatoms. The molecule has 2 N–H and O–H groups in total. The molecule has 1 heterocycles. The summed E-state index contributed by atoms with van der Waals surface area (Å²) in [5, 5.41) is 6.03. The number of rotatable bonds is 6. The molecule has 164 valence electrons. The number of piperidine rings is 1. The van der Waals surface area contributed by atoms with Crippen LogP contribution < -0.4 is 10.6 Å². The summed E-state index contributed by atoms with van der Waals surface area (Å²) in [5.41, 5.74) is -0.493. The van der Waals surface area contributed by atoms with Gasteiger partial charge in [-0.2, -0.15) is 0 Å². The minimum atomic E-state index is -0.493. The molecule has 1 aliphatic heterocycles. The predicted octanol–water partition coefficient (Wildman–Crippen LogP) is 2.28. The molecule has 28 heavy (non-hydrogen) atoms. The number of guanidine groups is 1. The van der Waals surface area contributed by atoms with Crippen molar-refractivity contribution in [2.24, 2.45) is 10.9 Å². The van der Waals surface area contributed by atoms with Gasteiger partial charge in [0, 0.05) is 53.2 Å². The Kier molecular flexibility index (Phi) is 12.5. The first-order valence-electron chi connectivity index (χ1n) is 9.84. The maximum absolute atomic E-state index is 12.2. The second kappa shape index (κ2) is 13.1. The molecule has 0 aromatic rings. The highest BCUT2D eigenvalue weighted by atomic mass is 127. The van der Waals surface area contributed by atoms with E-state index in [-0.39, 0.29) is 36.0 Å². The zero-order valence-electron chi connectivity index (χ0n) is 18.2. The van der Waals surface area contributed by atoms with Gasteiger partial charge in [-0.15, -0.1) is 24.0 Å². The average Bonchev–Trinajstić information content (AvgIpc) is 2.61. The molecule has 2 amide bonds. The van der Waals surface area contributed by atoms with Crippen molar-refractivity contribution < 1.29 is 14.3 Å². The number of carbonyl (C=O) groups excluding carboxylic acids is 2. The number of carbonyl (C=O) groups is 2. The summed E-state index contributed by atoms with van der Waals surface area (Å²) in [4.78, 5) is 32.0. The van der Waals surface area contributed by atoms with Crippen molar-refractivity contribution in [3.63, 3.8) is 0 Å². The minimum absolute atomic E-state index is 0. The van der Waals surface area contributed by atoms with Crippen LogP contribution in [0.5, 0.6) is 0 Å². The molecule has 1 saturated heterocycles. The smallest absolute Gasteiger partial charge is 0.410 e. The van der Waals surface area contributed by atoms with Crippen molar-refractivity contribution in [3.05, 3.63) is 0 Å². The third-order valence-electron chi connectivity index (χ3n) is 4.58. The van der Waals surface area contributed by atoms with E-state index in [1.54, 1.807) is 19.0 Å². The monoisotopic (exact) mass is 511 g/mol. The van der Waals surface area contributed by atoms with Crippen LogP contribution in [0.4, 0.5) is 4.79 Å². The average molecular weight is 511 g/mol. The number of halogens is 1. The standard InChI is InChI=1S/C19H37N5O3.HI/c1-7-23(18(26)27-19(2,3)4)13-10-22-17(21-6)24-11-8-15(9-12-24)14-16(25)20-5;/h15H,7-14H2,1-6H3,(H,20,25)(H,21,22);1H. The number of nitrogens with zero attached hydrogens (tertiary/aromatic N) is 3. The topological polar surface area (TPSA) is 86.3 Å². The lowest BCUT2D eigenvalue weighted by Crippen LogP contribution is -2.48. The third kappa shape index (κ3) is 9.79. The summed E-state index contributed by atoms with van der Waals surface area (Å²) in [6.45, 7) is 11.1. The lowest BCUT2D eigenvalue weighted by Gasteiger charge is -2.34. The van der Waals surface area contributed by atoms with Gasteiger partial charge in [0.1, 0.15) is 5.60 Å². The Labute approximate surface area is 186 Å². The van der Waals surface area contributed by atoms with Crippen LogP contribution in [0.1, 0.15) is 47.0 Å². The van der Waals surface area contributed by atoms with Gasteiger partial charge in [0.2, 0.25) is 5.91 Å². The first-order chi connectivity index (χ1) is 12.7. The molecule has 0 radical (unpaired) electrons. The number of ether oxygens (including phenoxy) is 1. The predicted molar refractivity (Wildman–Crippen MR) is 123 cm³/mol. The Balaban J connectivity index is 0.00000729. The van der Waals surface area contributed by atoms with Crippen LogP contribution in [0.3, 0.4) is 0 Å². The fraction of sp³-hybridized carbons (Fsp3) is 0.842. The van der Waals surface area contributed by atoms with E-state index in [1.807, 2.05) is 27.7 Å². The van der Waals surface area contributed by atoms with Crippen LogP contribution >= 0.6 is 24.0 Å². The highest BCUT2D eigenvalue weighted by molar-refractivity contribution is 14.0. The fourth-order valence-corrected chi connectivity index (χ4v) is 3.05. The van der Waals surface area contributed by atoms with Gasteiger partial charge < -0.3 is 25.2 Å². The lowest BCUT2D eigenvalue weighted by molar-refractivity contribution is -0.121. The molecule has 0 aromatic carbocycles. The van der Waals surface area contributed by atoms with Crippen molar-refractivity contribution >= 4 is 41.9 Å². The van der Waals surface area contributed by atoms with Crippen molar-refractivity contribution in [2.45, 2.75) is 52.6 Å². The highest BCUT2D eigenvalue weighted by Crippen LogP contribution is 2.20. The van der Waals surface area contributed by atoms with Crippen LogP contribution in [-0.2, 0) is 9.53 Å². The van der Waals surface area contributed by atoms with Gasteiger partial charge >= 0.3 is 6.09 Å². The van der Waals surface area contributed by atoms with E-state index in [0.29, 0.717) is 32.0 Å². The number of nitrogens with one attached hydrogen (secondary N) is 2. The molecule has 0 unspecified atom stereocenters. The summed E-state index contributed by atoms with van der Waals surface area (Å²) in [7, 11) is 3.45. The van der Waals surface area contributed by atoms with E-state index in [4.69, 9.17) is 4.74 Å². The molecular weight excluding hydrogens is 473 g/mol. The molecule has 0 aliphatic carbocycles. The number of aliphatic imine (C=N–C) groups is 1. The van der Waals surface area contributed by atoms with Crippen LogP contribution in [-0.4, -0.2) is 80.2 Å². The van der Waals surface area contributed by atoms with Gasteiger partial charge in [-0.1, -0.05) is 0 Å². The number of amides is 2. The SMILES string of the molecule is CCN(CCNC(=NC)N1CCC(CC(=O)NC)CC1)C(=O)OC(C)(C)C.I. The van der Waals surface area contributed by atoms with Crippen molar-refractivity contribution in [1.82, 2.24) is 20.4 Å².